The fourth-order valence-corrected chi connectivity index (χ4v) is 5.67. The minimum Gasteiger partial charge on any atom is -0.308 e. The number of piperidine rings is 1. The molecule has 1 aromatic rings. The topological polar surface area (TPSA) is 35.6 Å². The molecule has 3 aliphatic heterocycles. The molecule has 0 spiro atoms. The molecule has 4 atom stereocenters. The van der Waals surface area contributed by atoms with Crippen molar-refractivity contribution in [1.29, 1.82) is 0 Å². The van der Waals surface area contributed by atoms with Gasteiger partial charge in [-0.3, -0.25) is 9.69 Å². The lowest BCUT2D eigenvalue weighted by Gasteiger charge is -2.41. The molecule has 0 radical (unpaired) electrons. The largest absolute Gasteiger partial charge is 0.308 e. The SMILES string of the molecule is O=C(CCCN1CC[C@H]2[C@@H](C1)C1=CC=CC3NCCN2C13)c1ccc(F)cc1. The van der Waals surface area contributed by atoms with Crippen molar-refractivity contribution in [3.63, 3.8) is 0 Å². The summed E-state index contributed by atoms with van der Waals surface area (Å²) in [5.74, 6) is 0.442. The maximum absolute atomic E-state index is 13.0. The third kappa shape index (κ3) is 3.25. The Hall–Kier alpha value is -1.82. The van der Waals surface area contributed by atoms with Crippen molar-refractivity contribution in [2.24, 2.45) is 5.92 Å². The molecule has 5 heteroatoms. The van der Waals surface area contributed by atoms with Crippen LogP contribution >= 0.6 is 0 Å². The Morgan fingerprint density at radius 3 is 2.93 bits per heavy atom. The predicted octanol–water partition coefficient (Wildman–Crippen LogP) is 2.63. The molecule has 4 aliphatic rings. The van der Waals surface area contributed by atoms with E-state index in [0.29, 0.717) is 36.0 Å². The van der Waals surface area contributed by atoms with Crippen molar-refractivity contribution < 1.29 is 9.18 Å². The van der Waals surface area contributed by atoms with E-state index in [9.17, 15) is 9.18 Å². The Morgan fingerprint density at radius 1 is 1.21 bits per heavy atom. The molecule has 1 aliphatic carbocycles. The van der Waals surface area contributed by atoms with Gasteiger partial charge < -0.3 is 10.2 Å². The number of fused-ring (bicyclic) bond motifs is 3. The lowest BCUT2D eigenvalue weighted by atomic mass is 9.84. The highest BCUT2D eigenvalue weighted by Crippen LogP contribution is 2.43. The molecule has 0 bridgehead atoms. The molecule has 3 heterocycles. The average Bonchev–Trinajstić information content (AvgIpc) is 3.04. The fraction of sp³-hybridized carbons (Fsp3) is 0.522. The number of hydrogen-bond donors (Lipinski definition) is 1. The number of Topliss-reactive ketones (excluding diaryl/α,β-unsaturated/α-hetero) is 1. The van der Waals surface area contributed by atoms with Gasteiger partial charge in [-0.15, -0.1) is 0 Å². The number of hydrogen-bond acceptors (Lipinski definition) is 4. The van der Waals surface area contributed by atoms with E-state index in [2.05, 4.69) is 33.3 Å². The Bertz CT molecular complexity index is 803. The van der Waals surface area contributed by atoms with E-state index in [0.717, 1.165) is 39.1 Å². The Kier molecular flexibility index (Phi) is 4.91. The predicted molar refractivity (Wildman–Crippen MR) is 108 cm³/mol. The molecule has 28 heavy (non-hydrogen) atoms. The smallest absolute Gasteiger partial charge is 0.162 e. The summed E-state index contributed by atoms with van der Waals surface area (Å²) >= 11 is 0. The highest BCUT2D eigenvalue weighted by atomic mass is 19.1. The first-order valence-electron chi connectivity index (χ1n) is 10.6. The van der Waals surface area contributed by atoms with Crippen molar-refractivity contribution in [1.82, 2.24) is 15.1 Å². The average molecular weight is 381 g/mol. The summed E-state index contributed by atoms with van der Waals surface area (Å²) in [7, 11) is 0. The number of likely N-dealkylation sites (tertiary alicyclic amines) is 1. The van der Waals surface area contributed by atoms with E-state index in [-0.39, 0.29) is 11.6 Å². The highest BCUT2D eigenvalue weighted by Gasteiger charge is 2.50. The number of nitrogens with zero attached hydrogens (tertiary/aromatic N) is 2. The normalized spacial score (nSPS) is 32.0. The van der Waals surface area contributed by atoms with Gasteiger partial charge in [0.15, 0.2) is 5.78 Å². The van der Waals surface area contributed by atoms with Gasteiger partial charge in [0, 0.05) is 49.6 Å². The van der Waals surface area contributed by atoms with Gasteiger partial charge in [0.25, 0.3) is 0 Å². The van der Waals surface area contributed by atoms with Crippen LogP contribution in [0.15, 0.2) is 48.1 Å². The summed E-state index contributed by atoms with van der Waals surface area (Å²) in [6.07, 6.45) is 9.52. The van der Waals surface area contributed by atoms with Crippen molar-refractivity contribution >= 4 is 5.78 Å². The number of carbonyl (C=O) groups is 1. The molecule has 0 amide bonds. The first-order valence-corrected chi connectivity index (χ1v) is 10.6. The van der Waals surface area contributed by atoms with E-state index in [4.69, 9.17) is 0 Å². The van der Waals surface area contributed by atoms with E-state index < -0.39 is 0 Å². The Labute approximate surface area is 166 Å². The van der Waals surface area contributed by atoms with Crippen LogP contribution < -0.4 is 5.32 Å². The molecule has 0 saturated carbocycles. The quantitative estimate of drug-likeness (QED) is 0.796. The standard InChI is InChI=1S/C23H28FN3O/c24-17-8-6-16(7-9-17)22(28)5-2-12-26-13-10-21-19(15-26)18-3-1-4-20-23(18)27(21)14-11-25-20/h1,3-4,6-9,19-21,23,25H,2,5,10-15H2/t19-,20?,21-,23?/m0/s1. The molecule has 3 fully saturated rings. The van der Waals surface area contributed by atoms with Crippen LogP contribution in [-0.4, -0.2) is 66.4 Å². The van der Waals surface area contributed by atoms with Crippen LogP contribution in [0.4, 0.5) is 4.39 Å². The maximum Gasteiger partial charge on any atom is 0.162 e. The van der Waals surface area contributed by atoms with Gasteiger partial charge in [0.2, 0.25) is 0 Å². The Morgan fingerprint density at radius 2 is 2.07 bits per heavy atom. The summed E-state index contributed by atoms with van der Waals surface area (Å²) in [5, 5.41) is 3.66. The molecule has 2 unspecified atom stereocenters. The van der Waals surface area contributed by atoms with E-state index in [1.54, 1.807) is 17.7 Å². The van der Waals surface area contributed by atoms with Gasteiger partial charge >= 0.3 is 0 Å². The lowest BCUT2D eigenvalue weighted by molar-refractivity contribution is 0.0814. The van der Waals surface area contributed by atoms with Crippen LogP contribution in [0.5, 0.6) is 0 Å². The minimum absolute atomic E-state index is 0.113. The first kappa shape index (κ1) is 18.2. The second-order valence-corrected chi connectivity index (χ2v) is 8.51. The molecule has 3 saturated heterocycles. The summed E-state index contributed by atoms with van der Waals surface area (Å²) < 4.78 is 13.0. The number of allylic oxidation sites excluding steroid dienone is 2. The molecule has 5 rings (SSSR count). The van der Waals surface area contributed by atoms with Crippen LogP contribution in [0, 0.1) is 11.7 Å². The number of halogens is 1. The van der Waals surface area contributed by atoms with Gasteiger partial charge in [0.1, 0.15) is 5.82 Å². The zero-order valence-corrected chi connectivity index (χ0v) is 16.2. The van der Waals surface area contributed by atoms with Gasteiger partial charge in [0.05, 0.1) is 6.04 Å². The third-order valence-electron chi connectivity index (χ3n) is 6.96. The number of benzene rings is 1. The van der Waals surface area contributed by atoms with Crippen LogP contribution in [0.2, 0.25) is 0 Å². The molecule has 4 nitrogen and oxygen atoms in total. The van der Waals surface area contributed by atoms with E-state index in [1.165, 1.54) is 18.6 Å². The highest BCUT2D eigenvalue weighted by molar-refractivity contribution is 5.95. The maximum atomic E-state index is 13.0. The number of ketones is 1. The summed E-state index contributed by atoms with van der Waals surface area (Å²) in [5.41, 5.74) is 2.22. The van der Waals surface area contributed by atoms with Gasteiger partial charge in [-0.1, -0.05) is 18.2 Å². The summed E-state index contributed by atoms with van der Waals surface area (Å²) in [6.45, 7) is 5.42. The molecular weight excluding hydrogens is 353 g/mol. The van der Waals surface area contributed by atoms with Crippen LogP contribution in [0.1, 0.15) is 29.6 Å². The van der Waals surface area contributed by atoms with Crippen molar-refractivity contribution in [2.45, 2.75) is 37.4 Å². The molecule has 1 aromatic carbocycles. The van der Waals surface area contributed by atoms with Crippen LogP contribution in [-0.2, 0) is 0 Å². The molecular formula is C23H28FN3O. The number of nitrogens with one attached hydrogen (secondary N) is 1. The minimum atomic E-state index is -0.295. The summed E-state index contributed by atoms with van der Waals surface area (Å²) in [6, 6.07) is 7.60. The molecule has 1 N–H and O–H groups in total. The second-order valence-electron chi connectivity index (χ2n) is 8.51. The van der Waals surface area contributed by atoms with Gasteiger partial charge in [-0.25, -0.2) is 4.39 Å². The molecule has 148 valence electrons. The lowest BCUT2D eigenvalue weighted by Crippen LogP contribution is -2.57. The van der Waals surface area contributed by atoms with Crippen molar-refractivity contribution in [3.05, 3.63) is 59.4 Å². The Balaban J connectivity index is 1.18. The summed E-state index contributed by atoms with van der Waals surface area (Å²) in [4.78, 5) is 17.6. The van der Waals surface area contributed by atoms with E-state index >= 15 is 0 Å². The number of piperazine rings is 1. The van der Waals surface area contributed by atoms with E-state index in [1.807, 2.05) is 0 Å². The third-order valence-corrected chi connectivity index (χ3v) is 6.96. The van der Waals surface area contributed by atoms with Crippen molar-refractivity contribution in [2.75, 3.05) is 32.7 Å². The van der Waals surface area contributed by atoms with Crippen molar-refractivity contribution in [3.8, 4) is 0 Å². The van der Waals surface area contributed by atoms with Gasteiger partial charge in [-0.2, -0.15) is 0 Å². The van der Waals surface area contributed by atoms with Crippen LogP contribution in [0.25, 0.3) is 0 Å². The zero-order valence-electron chi connectivity index (χ0n) is 16.2. The second kappa shape index (κ2) is 7.54. The van der Waals surface area contributed by atoms with Crippen LogP contribution in [0.3, 0.4) is 0 Å². The first-order chi connectivity index (χ1) is 13.7. The molecule has 0 aromatic heterocycles. The number of carbonyl (C=O) groups excluding carboxylic acids is 1. The fourth-order valence-electron chi connectivity index (χ4n) is 5.67. The monoisotopic (exact) mass is 381 g/mol. The van der Waals surface area contributed by atoms with Gasteiger partial charge in [-0.05, 0) is 55.8 Å². The number of rotatable bonds is 5. The zero-order chi connectivity index (χ0) is 19.1.